The van der Waals surface area contributed by atoms with Gasteiger partial charge >= 0.3 is 0 Å². The third kappa shape index (κ3) is 1.24. The molecule has 0 amide bonds. The van der Waals surface area contributed by atoms with E-state index in [2.05, 4.69) is 0 Å². The summed E-state index contributed by atoms with van der Waals surface area (Å²) < 4.78 is -3.16. The van der Waals surface area contributed by atoms with E-state index >= 15 is 0 Å². The van der Waals surface area contributed by atoms with Crippen molar-refractivity contribution in [2.45, 2.75) is 41.5 Å². The smallest absolute Gasteiger partial charge is 0.119 e. The minimum Gasteiger partial charge on any atom is -0.119 e. The molecule has 0 heterocycles. The zero-order chi connectivity index (χ0) is 13.8. The van der Waals surface area contributed by atoms with Crippen LogP contribution in [0.5, 0.6) is 0 Å². The molecule has 0 aromatic heterocycles. The zero-order valence-electron chi connectivity index (χ0n) is 8.59. The first kappa shape index (κ1) is 15.0. The Morgan fingerprint density at radius 2 is 1.56 bits per heavy atom. The highest BCUT2D eigenvalue weighted by Crippen LogP contribution is 2.84. The van der Waals surface area contributed by atoms with Crippen LogP contribution in [0.15, 0.2) is 11.6 Å². The fourth-order valence-electron chi connectivity index (χ4n) is 2.95. The van der Waals surface area contributed by atoms with Gasteiger partial charge in [-0.1, -0.05) is 52.5 Å². The Morgan fingerprint density at radius 3 is 2.11 bits per heavy atom. The summed E-state index contributed by atoms with van der Waals surface area (Å²) in [5.74, 6) is 0. The van der Waals surface area contributed by atoms with E-state index in [9.17, 15) is 0 Å². The van der Waals surface area contributed by atoms with Gasteiger partial charge in [0.05, 0.1) is 10.3 Å². The molecule has 0 aromatic carbocycles. The summed E-state index contributed by atoms with van der Waals surface area (Å²) in [5, 5.41) is -0.628. The lowest BCUT2D eigenvalue weighted by Gasteiger charge is -2.49. The molecule has 3 rings (SSSR count). The lowest BCUT2D eigenvalue weighted by molar-refractivity contribution is 0.481. The maximum atomic E-state index is 6.61. The van der Waals surface area contributed by atoms with Crippen molar-refractivity contribution < 1.29 is 0 Å². The second-order valence-corrected chi connectivity index (χ2v) is 10.1. The van der Waals surface area contributed by atoms with Gasteiger partial charge in [0.15, 0.2) is 8.67 Å². The lowest BCUT2D eigenvalue weighted by Crippen LogP contribution is -2.61. The summed E-state index contributed by atoms with van der Waals surface area (Å²) in [6, 6.07) is 0. The third-order valence-electron chi connectivity index (χ3n) is 4.10. The average molecular weight is 410 g/mol. The molecule has 2 fully saturated rings. The van der Waals surface area contributed by atoms with Crippen LogP contribution in [0.3, 0.4) is 0 Å². The van der Waals surface area contributed by atoms with E-state index in [0.717, 1.165) is 0 Å². The van der Waals surface area contributed by atoms with Crippen LogP contribution in [0.4, 0.5) is 0 Å². The number of rotatable bonds is 0. The lowest BCUT2D eigenvalue weighted by atomic mass is 9.84. The van der Waals surface area contributed by atoms with E-state index in [1.54, 1.807) is 6.08 Å². The van der Waals surface area contributed by atoms with Gasteiger partial charge in [-0.05, 0) is 18.4 Å². The van der Waals surface area contributed by atoms with Crippen LogP contribution in [-0.4, -0.2) is 28.7 Å². The van der Waals surface area contributed by atoms with Crippen LogP contribution < -0.4 is 0 Å². The van der Waals surface area contributed by atoms with Crippen LogP contribution in [0.2, 0.25) is 0 Å². The Bertz CT molecular complexity index is 470. The van der Waals surface area contributed by atoms with Crippen LogP contribution in [0, 0.1) is 0 Å². The van der Waals surface area contributed by atoms with Gasteiger partial charge in [-0.15, -0.1) is 46.4 Å². The molecule has 0 saturated heterocycles. The Hall–Kier alpha value is 2.06. The molecule has 4 atom stereocenters. The standard InChI is InChI=1S/C10H6Cl8/c11-5-2-1-4-6(12)3-7(6,13)10(17,18)8(4,14)9(5,15)16/h1,5H,2-3H2. The number of allylic oxidation sites excluding steroid dienone is 2. The summed E-state index contributed by atoms with van der Waals surface area (Å²) >= 11 is 51.2. The first-order valence-electron chi connectivity index (χ1n) is 5.14. The predicted molar refractivity (Wildman–Crippen MR) is 81.6 cm³/mol. The van der Waals surface area contributed by atoms with E-state index in [0.29, 0.717) is 18.4 Å². The molecule has 0 aromatic rings. The third-order valence-corrected chi connectivity index (χ3v) is 10.00. The Kier molecular flexibility index (Phi) is 3.07. The van der Waals surface area contributed by atoms with Gasteiger partial charge in [-0.3, -0.25) is 0 Å². The molecule has 0 N–H and O–H groups in total. The molecule has 0 aliphatic heterocycles. The number of halogens is 8. The average Bonchev–Trinajstić information content (AvgIpc) is 2.78. The minimum atomic E-state index is -1.60. The number of hydrogen-bond acceptors (Lipinski definition) is 0. The van der Waals surface area contributed by atoms with Gasteiger partial charge in [0, 0.05) is 0 Å². The predicted octanol–water partition coefficient (Wildman–Crippen LogP) is 5.62. The van der Waals surface area contributed by atoms with E-state index in [1.165, 1.54) is 0 Å². The Balaban J connectivity index is 2.28. The summed E-state index contributed by atoms with van der Waals surface area (Å²) in [6.45, 7) is 0. The Labute approximate surface area is 145 Å². The van der Waals surface area contributed by atoms with Gasteiger partial charge in [0.2, 0.25) is 0 Å². The van der Waals surface area contributed by atoms with Crippen molar-refractivity contribution in [2.24, 2.45) is 0 Å². The summed E-state index contributed by atoms with van der Waals surface area (Å²) in [4.78, 5) is -3.47. The van der Waals surface area contributed by atoms with Gasteiger partial charge in [-0.25, -0.2) is 0 Å². The van der Waals surface area contributed by atoms with E-state index < -0.39 is 28.7 Å². The number of hydrogen-bond donors (Lipinski definition) is 0. The highest BCUT2D eigenvalue weighted by molar-refractivity contribution is 6.68. The van der Waals surface area contributed by atoms with E-state index in [1.807, 2.05) is 0 Å². The van der Waals surface area contributed by atoms with Crippen molar-refractivity contribution in [3.63, 3.8) is 0 Å². The molecule has 0 spiro atoms. The maximum Gasteiger partial charge on any atom is 0.165 e. The molecular formula is C10H6Cl8. The van der Waals surface area contributed by atoms with Crippen molar-refractivity contribution in [3.8, 4) is 0 Å². The molecule has 0 nitrogen and oxygen atoms in total. The van der Waals surface area contributed by atoms with Gasteiger partial charge in [-0.2, -0.15) is 0 Å². The molecule has 102 valence electrons. The van der Waals surface area contributed by atoms with Crippen molar-refractivity contribution in [1.29, 1.82) is 0 Å². The molecule has 3 aliphatic rings. The van der Waals surface area contributed by atoms with Crippen molar-refractivity contribution in [3.05, 3.63) is 11.6 Å². The van der Waals surface area contributed by atoms with Crippen molar-refractivity contribution in [1.82, 2.24) is 0 Å². The second-order valence-electron chi connectivity index (χ2n) is 4.96. The van der Waals surface area contributed by atoms with Gasteiger partial charge in [0.25, 0.3) is 0 Å². The molecule has 3 aliphatic carbocycles. The first-order chi connectivity index (χ1) is 7.97. The monoisotopic (exact) mass is 406 g/mol. The molecule has 4 unspecified atom stereocenters. The molecule has 8 heteroatoms. The van der Waals surface area contributed by atoms with Crippen LogP contribution in [-0.2, 0) is 0 Å². The quantitative estimate of drug-likeness (QED) is 0.360. The van der Waals surface area contributed by atoms with Crippen molar-refractivity contribution in [2.75, 3.05) is 0 Å². The van der Waals surface area contributed by atoms with Gasteiger partial charge in [0.1, 0.15) is 9.75 Å². The largest absolute Gasteiger partial charge is 0.165 e. The summed E-state index contributed by atoms with van der Waals surface area (Å²) in [5.41, 5.74) is 0.584. The highest BCUT2D eigenvalue weighted by Gasteiger charge is 2.92. The molecule has 0 radical (unpaired) electrons. The second kappa shape index (κ2) is 3.69. The first-order valence-corrected chi connectivity index (χ1v) is 8.22. The van der Waals surface area contributed by atoms with Crippen LogP contribution >= 0.6 is 92.8 Å². The molecule has 0 bridgehead atoms. The normalized spacial score (nSPS) is 55.6. The molecule has 2 saturated carbocycles. The minimum absolute atomic E-state index is 0.424. The van der Waals surface area contributed by atoms with Crippen LogP contribution in [0.1, 0.15) is 12.8 Å². The number of fused-ring (bicyclic) bond motifs is 3. The van der Waals surface area contributed by atoms with Crippen molar-refractivity contribution >= 4 is 92.8 Å². The summed E-state index contributed by atoms with van der Waals surface area (Å²) in [6.07, 6.45) is 2.66. The van der Waals surface area contributed by atoms with E-state index in [-0.39, 0.29) is 0 Å². The molecule has 18 heavy (non-hydrogen) atoms. The number of alkyl halides is 8. The topological polar surface area (TPSA) is 0 Å². The summed E-state index contributed by atoms with van der Waals surface area (Å²) in [7, 11) is 0. The fraction of sp³-hybridized carbons (Fsp3) is 0.800. The van der Waals surface area contributed by atoms with E-state index in [4.69, 9.17) is 92.8 Å². The fourth-order valence-corrected chi connectivity index (χ4v) is 6.88. The van der Waals surface area contributed by atoms with Gasteiger partial charge < -0.3 is 0 Å². The van der Waals surface area contributed by atoms with Crippen LogP contribution in [0.25, 0.3) is 0 Å². The zero-order valence-corrected chi connectivity index (χ0v) is 14.6. The molecular weight excluding hydrogens is 404 g/mol. The Morgan fingerprint density at radius 1 is 1.00 bits per heavy atom. The maximum absolute atomic E-state index is 6.61. The SMILES string of the molecule is ClC1CC=C2C3(Cl)CC3(Cl)C(Cl)(Cl)C2(Cl)C1(Cl)Cl. The highest BCUT2D eigenvalue weighted by atomic mass is 35.5.